The fourth-order valence-electron chi connectivity index (χ4n) is 2.30. The van der Waals surface area contributed by atoms with Crippen LogP contribution in [0.2, 0.25) is 0 Å². The van der Waals surface area contributed by atoms with E-state index in [4.69, 9.17) is 4.74 Å². The monoisotopic (exact) mass is 274 g/mol. The highest BCUT2D eigenvalue weighted by molar-refractivity contribution is 7.08. The maximum Gasteiger partial charge on any atom is 0.210 e. The molecular formula is C14H14N2O2S. The van der Waals surface area contributed by atoms with Gasteiger partial charge < -0.3 is 4.74 Å². The molecule has 0 radical (unpaired) electrons. The van der Waals surface area contributed by atoms with Gasteiger partial charge in [0.2, 0.25) is 5.78 Å². The molecule has 1 aliphatic rings. The van der Waals surface area contributed by atoms with Crippen LogP contribution in [0.1, 0.15) is 39.8 Å². The van der Waals surface area contributed by atoms with E-state index in [1.54, 1.807) is 0 Å². The number of nitrogens with zero attached hydrogens (tertiary/aromatic N) is 2. The normalized spacial score (nSPS) is 13.7. The van der Waals surface area contributed by atoms with Crippen LogP contribution >= 0.6 is 11.5 Å². The van der Waals surface area contributed by atoms with Gasteiger partial charge in [0.1, 0.15) is 10.6 Å². The highest BCUT2D eigenvalue weighted by atomic mass is 32.1. The maximum absolute atomic E-state index is 12.6. The lowest BCUT2D eigenvalue weighted by molar-refractivity contribution is 0.103. The maximum atomic E-state index is 12.6. The molecule has 0 saturated heterocycles. The number of ketones is 1. The summed E-state index contributed by atoms with van der Waals surface area (Å²) in [7, 11) is 0. The Kier molecular flexibility index (Phi) is 3.29. The molecule has 0 amide bonds. The van der Waals surface area contributed by atoms with E-state index < -0.39 is 0 Å². The Morgan fingerprint density at radius 3 is 3.21 bits per heavy atom. The minimum atomic E-state index is -0.0226. The van der Waals surface area contributed by atoms with E-state index in [2.05, 4.69) is 9.59 Å². The molecule has 4 nitrogen and oxygen atoms in total. The molecule has 1 aromatic carbocycles. The molecule has 1 aliphatic heterocycles. The zero-order valence-electron chi connectivity index (χ0n) is 10.7. The van der Waals surface area contributed by atoms with Crippen LogP contribution in [0.5, 0.6) is 5.75 Å². The highest BCUT2D eigenvalue weighted by Crippen LogP contribution is 2.31. The topological polar surface area (TPSA) is 52.1 Å². The Labute approximate surface area is 115 Å². The molecule has 0 aliphatic carbocycles. The summed E-state index contributed by atoms with van der Waals surface area (Å²) in [4.78, 5) is 13.2. The Balaban J connectivity index is 2.05. The van der Waals surface area contributed by atoms with Crippen molar-refractivity contribution in [1.29, 1.82) is 0 Å². The number of fused-ring (bicyclic) bond motifs is 1. The van der Waals surface area contributed by atoms with Gasteiger partial charge in [-0.25, -0.2) is 0 Å². The summed E-state index contributed by atoms with van der Waals surface area (Å²) < 4.78 is 9.57. The molecule has 2 aromatic rings. The molecule has 0 saturated carbocycles. The van der Waals surface area contributed by atoms with Gasteiger partial charge >= 0.3 is 0 Å². The van der Waals surface area contributed by atoms with E-state index >= 15 is 0 Å². The van der Waals surface area contributed by atoms with Gasteiger partial charge in [-0.2, -0.15) is 0 Å². The average molecular weight is 274 g/mol. The third kappa shape index (κ3) is 2.14. The van der Waals surface area contributed by atoms with Gasteiger partial charge in [-0.15, -0.1) is 5.10 Å². The van der Waals surface area contributed by atoms with Crippen molar-refractivity contribution in [3.63, 3.8) is 0 Å². The van der Waals surface area contributed by atoms with Crippen LogP contribution in [-0.4, -0.2) is 22.0 Å². The van der Waals surface area contributed by atoms with Crippen LogP contribution in [-0.2, 0) is 12.8 Å². The van der Waals surface area contributed by atoms with E-state index in [0.717, 1.165) is 41.4 Å². The number of hydrogen-bond acceptors (Lipinski definition) is 5. The number of rotatable bonds is 3. The smallest absolute Gasteiger partial charge is 0.210 e. The second-order valence-corrected chi connectivity index (χ2v) is 5.23. The van der Waals surface area contributed by atoms with Crippen molar-refractivity contribution >= 4 is 17.3 Å². The molecule has 19 heavy (non-hydrogen) atoms. The van der Waals surface area contributed by atoms with Crippen LogP contribution < -0.4 is 4.74 Å². The second-order valence-electron chi connectivity index (χ2n) is 4.48. The summed E-state index contributed by atoms with van der Waals surface area (Å²) >= 11 is 1.16. The van der Waals surface area contributed by atoms with E-state index in [9.17, 15) is 4.79 Å². The molecule has 0 bridgehead atoms. The van der Waals surface area contributed by atoms with Crippen LogP contribution in [0, 0.1) is 0 Å². The molecular weight excluding hydrogens is 260 g/mol. The Bertz CT molecular complexity index is 622. The van der Waals surface area contributed by atoms with Gasteiger partial charge in [-0.1, -0.05) is 23.5 Å². The zero-order chi connectivity index (χ0) is 13.2. The fourth-order valence-corrected chi connectivity index (χ4v) is 3.01. The molecule has 0 unspecified atom stereocenters. The van der Waals surface area contributed by atoms with Crippen LogP contribution in [0.3, 0.4) is 0 Å². The predicted octanol–water partition coefficient (Wildman–Crippen LogP) is 2.66. The van der Waals surface area contributed by atoms with Crippen LogP contribution in [0.4, 0.5) is 0 Å². The predicted molar refractivity (Wildman–Crippen MR) is 73.0 cm³/mol. The number of carbonyl (C=O) groups excluding carboxylic acids is 1. The van der Waals surface area contributed by atoms with Crippen molar-refractivity contribution in [2.45, 2.75) is 26.2 Å². The minimum absolute atomic E-state index is 0.0226. The SMILES string of the molecule is CCc1nnsc1C(=O)c1cccc2c1OCCC2. The van der Waals surface area contributed by atoms with E-state index in [1.807, 2.05) is 25.1 Å². The molecule has 3 rings (SSSR count). The van der Waals surface area contributed by atoms with Crippen molar-refractivity contribution in [3.05, 3.63) is 39.9 Å². The van der Waals surface area contributed by atoms with Gasteiger partial charge in [-0.05, 0) is 42.4 Å². The van der Waals surface area contributed by atoms with E-state index in [0.29, 0.717) is 23.5 Å². The highest BCUT2D eigenvalue weighted by Gasteiger charge is 2.23. The van der Waals surface area contributed by atoms with Crippen molar-refractivity contribution in [1.82, 2.24) is 9.59 Å². The largest absolute Gasteiger partial charge is 0.493 e. The number of benzene rings is 1. The zero-order valence-corrected chi connectivity index (χ0v) is 11.5. The van der Waals surface area contributed by atoms with Crippen LogP contribution in [0.25, 0.3) is 0 Å². The van der Waals surface area contributed by atoms with Crippen molar-refractivity contribution in [3.8, 4) is 5.75 Å². The standard InChI is InChI=1S/C14H14N2O2S/c1-2-11-14(19-16-15-11)12(17)10-7-3-5-9-6-4-8-18-13(9)10/h3,5,7H,2,4,6,8H2,1H3. The quantitative estimate of drug-likeness (QED) is 0.807. The summed E-state index contributed by atoms with van der Waals surface area (Å²) in [5, 5.41) is 4.00. The Hall–Kier alpha value is -1.75. The third-order valence-corrected chi connectivity index (χ3v) is 4.04. The van der Waals surface area contributed by atoms with Crippen LogP contribution in [0.15, 0.2) is 18.2 Å². The number of carbonyl (C=O) groups is 1. The van der Waals surface area contributed by atoms with Gasteiger partial charge in [0.15, 0.2) is 0 Å². The first-order valence-corrected chi connectivity index (χ1v) is 7.19. The van der Waals surface area contributed by atoms with Crippen molar-refractivity contribution in [2.24, 2.45) is 0 Å². The number of aromatic nitrogens is 2. The summed E-state index contributed by atoms with van der Waals surface area (Å²) in [5.74, 6) is 0.722. The number of aryl methyl sites for hydroxylation is 2. The molecule has 0 atom stereocenters. The number of hydrogen-bond donors (Lipinski definition) is 0. The van der Waals surface area contributed by atoms with Gasteiger partial charge in [0.05, 0.1) is 17.9 Å². The lowest BCUT2D eigenvalue weighted by Crippen LogP contribution is -2.13. The van der Waals surface area contributed by atoms with Crippen molar-refractivity contribution in [2.75, 3.05) is 6.61 Å². The lowest BCUT2D eigenvalue weighted by atomic mass is 9.99. The molecule has 5 heteroatoms. The first-order valence-electron chi connectivity index (χ1n) is 6.42. The van der Waals surface area contributed by atoms with E-state index in [-0.39, 0.29) is 5.78 Å². The first-order chi connectivity index (χ1) is 9.31. The second kappa shape index (κ2) is 5.09. The van der Waals surface area contributed by atoms with Gasteiger partial charge in [-0.3, -0.25) is 4.79 Å². The summed E-state index contributed by atoms with van der Waals surface area (Å²) in [6.07, 6.45) is 2.69. The summed E-state index contributed by atoms with van der Waals surface area (Å²) in [5.41, 5.74) is 2.52. The Morgan fingerprint density at radius 1 is 1.47 bits per heavy atom. The number of ether oxygens (including phenoxy) is 1. The molecule has 1 aromatic heterocycles. The lowest BCUT2D eigenvalue weighted by Gasteiger charge is -2.19. The molecule has 0 spiro atoms. The molecule has 0 N–H and O–H groups in total. The summed E-state index contributed by atoms with van der Waals surface area (Å²) in [6.45, 7) is 2.66. The summed E-state index contributed by atoms with van der Waals surface area (Å²) in [6, 6.07) is 5.77. The first kappa shape index (κ1) is 12.3. The van der Waals surface area contributed by atoms with Crippen molar-refractivity contribution < 1.29 is 9.53 Å². The molecule has 2 heterocycles. The number of para-hydroxylation sites is 1. The fraction of sp³-hybridized carbons (Fsp3) is 0.357. The molecule has 0 fully saturated rings. The third-order valence-electron chi connectivity index (χ3n) is 3.27. The minimum Gasteiger partial charge on any atom is -0.493 e. The van der Waals surface area contributed by atoms with Gasteiger partial charge in [0, 0.05) is 0 Å². The van der Waals surface area contributed by atoms with Gasteiger partial charge in [0.25, 0.3) is 0 Å². The molecule has 98 valence electrons. The van der Waals surface area contributed by atoms with E-state index in [1.165, 1.54) is 0 Å². The Morgan fingerprint density at radius 2 is 2.37 bits per heavy atom. The average Bonchev–Trinajstić information content (AvgIpc) is 2.94.